The number of hydrogen-bond acceptors (Lipinski definition) is 4. The number of H-pyrrole nitrogens is 1. The van der Waals surface area contributed by atoms with Crippen molar-refractivity contribution in [2.75, 3.05) is 18.0 Å². The van der Waals surface area contributed by atoms with E-state index in [0.29, 0.717) is 16.0 Å². The summed E-state index contributed by atoms with van der Waals surface area (Å²) in [5.41, 5.74) is 4.24. The highest BCUT2D eigenvalue weighted by Gasteiger charge is 2.25. The van der Waals surface area contributed by atoms with Crippen LogP contribution in [0, 0.1) is 6.92 Å². The molecule has 1 N–H and O–H groups in total. The lowest BCUT2D eigenvalue weighted by Gasteiger charge is -2.33. The van der Waals surface area contributed by atoms with Crippen LogP contribution in [0.4, 0.5) is 5.82 Å². The van der Waals surface area contributed by atoms with E-state index in [4.69, 9.17) is 23.2 Å². The topological polar surface area (TPSA) is 57.7 Å². The Morgan fingerprint density at radius 1 is 1.08 bits per heavy atom. The fourth-order valence-corrected chi connectivity index (χ4v) is 4.16. The predicted octanol–water partition coefficient (Wildman–Crippen LogP) is 4.87. The van der Waals surface area contributed by atoms with Gasteiger partial charge in [0.2, 0.25) is 0 Å². The van der Waals surface area contributed by atoms with Crippen molar-refractivity contribution in [3.63, 3.8) is 0 Å². The summed E-state index contributed by atoms with van der Waals surface area (Å²) >= 11 is 12.4. The first-order valence-corrected chi connectivity index (χ1v) is 9.38. The molecule has 4 rings (SSSR count). The third-order valence-electron chi connectivity index (χ3n) is 4.91. The van der Waals surface area contributed by atoms with Crippen LogP contribution < -0.4 is 4.90 Å². The van der Waals surface area contributed by atoms with E-state index in [-0.39, 0.29) is 0 Å². The summed E-state index contributed by atoms with van der Waals surface area (Å²) in [6.45, 7) is 3.94. The fourth-order valence-electron chi connectivity index (χ4n) is 3.63. The van der Waals surface area contributed by atoms with Gasteiger partial charge in [-0.1, -0.05) is 23.2 Å². The molecule has 7 heteroatoms. The summed E-state index contributed by atoms with van der Waals surface area (Å²) in [7, 11) is 0. The molecule has 0 spiro atoms. The molecule has 1 aliphatic rings. The first-order valence-electron chi connectivity index (χ1n) is 8.63. The number of nitrogens with one attached hydrogen (secondary N) is 1. The van der Waals surface area contributed by atoms with Crippen molar-refractivity contribution < 1.29 is 0 Å². The van der Waals surface area contributed by atoms with E-state index in [2.05, 4.69) is 31.8 Å². The molecule has 1 saturated heterocycles. The maximum Gasteiger partial charge on any atom is 0.139 e. The van der Waals surface area contributed by atoms with Crippen molar-refractivity contribution in [2.45, 2.75) is 25.7 Å². The SMILES string of the molecule is Cc1[nH]cnc1C1CCN(c2ncncc2-c2cc(Cl)cc(Cl)c2)CC1. The van der Waals surface area contributed by atoms with E-state index in [1.54, 1.807) is 18.7 Å². The van der Waals surface area contributed by atoms with Gasteiger partial charge in [-0.05, 0) is 43.5 Å². The van der Waals surface area contributed by atoms with Gasteiger partial charge >= 0.3 is 0 Å². The van der Waals surface area contributed by atoms with Gasteiger partial charge in [-0.2, -0.15) is 0 Å². The van der Waals surface area contributed by atoms with Crippen molar-refractivity contribution in [3.8, 4) is 11.1 Å². The summed E-state index contributed by atoms with van der Waals surface area (Å²) in [6, 6.07) is 5.53. The molecule has 0 radical (unpaired) electrons. The number of hydrogen-bond donors (Lipinski definition) is 1. The van der Waals surface area contributed by atoms with Crippen molar-refractivity contribution in [2.24, 2.45) is 0 Å². The normalized spacial score (nSPS) is 15.4. The Labute approximate surface area is 162 Å². The fraction of sp³-hybridized carbons (Fsp3) is 0.316. The summed E-state index contributed by atoms with van der Waals surface area (Å²) in [4.78, 5) is 18.7. The maximum absolute atomic E-state index is 6.18. The molecule has 0 atom stereocenters. The van der Waals surface area contributed by atoms with Crippen LogP contribution in [0.25, 0.3) is 11.1 Å². The minimum Gasteiger partial charge on any atom is -0.356 e. The molecule has 5 nitrogen and oxygen atoms in total. The molecule has 1 aliphatic heterocycles. The molecule has 0 aliphatic carbocycles. The first-order chi connectivity index (χ1) is 12.6. The number of nitrogens with zero attached hydrogens (tertiary/aromatic N) is 4. The molecule has 26 heavy (non-hydrogen) atoms. The van der Waals surface area contributed by atoms with Gasteiger partial charge < -0.3 is 9.88 Å². The largest absolute Gasteiger partial charge is 0.356 e. The van der Waals surface area contributed by atoms with Crippen LogP contribution in [0.15, 0.2) is 37.1 Å². The summed E-state index contributed by atoms with van der Waals surface area (Å²) in [5, 5.41) is 1.21. The third kappa shape index (κ3) is 3.41. The second-order valence-corrected chi connectivity index (χ2v) is 7.47. The molecule has 1 aromatic carbocycles. The van der Waals surface area contributed by atoms with E-state index >= 15 is 0 Å². The predicted molar refractivity (Wildman–Crippen MR) is 105 cm³/mol. The summed E-state index contributed by atoms with van der Waals surface area (Å²) in [5.74, 6) is 1.42. The molecular weight excluding hydrogens is 369 g/mol. The van der Waals surface area contributed by atoms with Gasteiger partial charge in [0.25, 0.3) is 0 Å². The van der Waals surface area contributed by atoms with Gasteiger partial charge in [-0.25, -0.2) is 15.0 Å². The van der Waals surface area contributed by atoms with E-state index < -0.39 is 0 Å². The van der Waals surface area contributed by atoms with Gasteiger partial charge in [0.1, 0.15) is 12.1 Å². The highest BCUT2D eigenvalue weighted by molar-refractivity contribution is 6.35. The van der Waals surface area contributed by atoms with Crippen LogP contribution in [0.3, 0.4) is 0 Å². The second kappa shape index (κ2) is 7.25. The van der Waals surface area contributed by atoms with Gasteiger partial charge in [0.05, 0.1) is 12.0 Å². The molecule has 2 aromatic heterocycles. The lowest BCUT2D eigenvalue weighted by Crippen LogP contribution is -2.34. The summed E-state index contributed by atoms with van der Waals surface area (Å²) < 4.78 is 0. The Balaban J connectivity index is 1.59. The van der Waals surface area contributed by atoms with Crippen molar-refractivity contribution in [1.29, 1.82) is 0 Å². The van der Waals surface area contributed by atoms with Crippen molar-refractivity contribution in [3.05, 3.63) is 58.5 Å². The Bertz CT molecular complexity index is 896. The highest BCUT2D eigenvalue weighted by atomic mass is 35.5. The molecule has 0 bridgehead atoms. The number of imidazole rings is 1. The van der Waals surface area contributed by atoms with Gasteiger partial charge in [-0.15, -0.1) is 0 Å². The molecule has 0 unspecified atom stereocenters. The van der Waals surface area contributed by atoms with E-state index in [0.717, 1.165) is 42.9 Å². The molecule has 3 heterocycles. The van der Waals surface area contributed by atoms with Crippen LogP contribution in [0.5, 0.6) is 0 Å². The van der Waals surface area contributed by atoms with E-state index in [1.807, 2.05) is 18.3 Å². The van der Waals surface area contributed by atoms with Crippen LogP contribution in [0.2, 0.25) is 10.0 Å². The zero-order chi connectivity index (χ0) is 18.1. The Morgan fingerprint density at radius 3 is 2.46 bits per heavy atom. The number of aromatic amines is 1. The second-order valence-electron chi connectivity index (χ2n) is 6.59. The van der Waals surface area contributed by atoms with Crippen LogP contribution in [0.1, 0.15) is 30.1 Å². The Morgan fingerprint density at radius 2 is 1.81 bits per heavy atom. The van der Waals surface area contributed by atoms with Crippen LogP contribution in [-0.2, 0) is 0 Å². The van der Waals surface area contributed by atoms with Gasteiger partial charge in [0.15, 0.2) is 0 Å². The van der Waals surface area contributed by atoms with Gasteiger partial charge in [-0.3, -0.25) is 0 Å². The molecule has 0 saturated carbocycles. The third-order valence-corrected chi connectivity index (χ3v) is 5.35. The lowest BCUT2D eigenvalue weighted by atomic mass is 9.92. The molecule has 3 aromatic rings. The molecule has 1 fully saturated rings. The number of anilines is 1. The Hall–Kier alpha value is -2.11. The number of aromatic nitrogens is 4. The number of halogens is 2. The van der Waals surface area contributed by atoms with Crippen LogP contribution in [-0.4, -0.2) is 33.0 Å². The standard InChI is InChI=1S/C19H19Cl2N5/c1-12-18(24-11-23-12)13-2-4-26(5-3-13)19-17(9-22-10-25-19)14-6-15(20)8-16(21)7-14/h6-11,13H,2-5H2,1H3,(H,23,24). The maximum atomic E-state index is 6.18. The van der Waals surface area contributed by atoms with Crippen molar-refractivity contribution in [1.82, 2.24) is 19.9 Å². The van der Waals surface area contributed by atoms with E-state index in [1.165, 1.54) is 11.4 Å². The van der Waals surface area contributed by atoms with E-state index in [9.17, 15) is 0 Å². The lowest BCUT2D eigenvalue weighted by molar-refractivity contribution is 0.493. The van der Waals surface area contributed by atoms with Crippen molar-refractivity contribution >= 4 is 29.0 Å². The number of benzene rings is 1. The first kappa shape index (κ1) is 17.3. The average molecular weight is 388 g/mol. The Kier molecular flexibility index (Phi) is 4.83. The molecular formula is C19H19Cl2N5. The molecule has 0 amide bonds. The quantitative estimate of drug-likeness (QED) is 0.696. The monoisotopic (exact) mass is 387 g/mol. The minimum atomic E-state index is 0.489. The summed E-state index contributed by atoms with van der Waals surface area (Å²) in [6.07, 6.45) is 7.29. The zero-order valence-electron chi connectivity index (χ0n) is 14.4. The highest BCUT2D eigenvalue weighted by Crippen LogP contribution is 2.35. The zero-order valence-corrected chi connectivity index (χ0v) is 15.9. The van der Waals surface area contributed by atoms with Gasteiger partial charge in [0, 0.05) is 46.5 Å². The average Bonchev–Trinajstić information content (AvgIpc) is 3.07. The number of aryl methyl sites for hydroxylation is 1. The molecule has 134 valence electrons. The number of rotatable bonds is 3. The number of piperidine rings is 1. The minimum absolute atomic E-state index is 0.489. The van der Waals surface area contributed by atoms with Crippen LogP contribution >= 0.6 is 23.2 Å². The smallest absolute Gasteiger partial charge is 0.139 e.